The molecule has 0 amide bonds. The van der Waals surface area contributed by atoms with Crippen molar-refractivity contribution in [3.63, 3.8) is 0 Å². The SMILES string of the molecule is C=C(CCCOc1ccc(Br)c(Br)c1Br)C(=O)O. The van der Waals surface area contributed by atoms with E-state index in [1.807, 2.05) is 12.1 Å². The lowest BCUT2D eigenvalue weighted by Crippen LogP contribution is -2.03. The third kappa shape index (κ3) is 4.40. The lowest BCUT2D eigenvalue weighted by Gasteiger charge is -2.10. The van der Waals surface area contributed by atoms with Gasteiger partial charge in [0.25, 0.3) is 0 Å². The number of carboxylic acids is 1. The maximum absolute atomic E-state index is 10.5. The number of ether oxygens (including phenoxy) is 1. The second kappa shape index (κ2) is 7.31. The van der Waals surface area contributed by atoms with E-state index in [0.717, 1.165) is 13.4 Å². The quantitative estimate of drug-likeness (QED) is 0.392. The molecule has 0 saturated heterocycles. The van der Waals surface area contributed by atoms with Gasteiger partial charge in [0.2, 0.25) is 0 Å². The van der Waals surface area contributed by atoms with E-state index in [-0.39, 0.29) is 5.57 Å². The number of halogens is 3. The smallest absolute Gasteiger partial charge is 0.330 e. The van der Waals surface area contributed by atoms with Crippen LogP contribution in [-0.4, -0.2) is 17.7 Å². The summed E-state index contributed by atoms with van der Waals surface area (Å²) < 4.78 is 8.21. The molecule has 3 nitrogen and oxygen atoms in total. The van der Waals surface area contributed by atoms with Gasteiger partial charge in [0, 0.05) is 14.5 Å². The standard InChI is InChI=1S/C12H11Br3O3/c1-7(12(16)17)3-2-6-18-9-5-4-8(13)10(14)11(9)15/h4-5H,1-3,6H2,(H,16,17). The van der Waals surface area contributed by atoms with Crippen LogP contribution in [0.25, 0.3) is 0 Å². The summed E-state index contributed by atoms with van der Waals surface area (Å²) in [5.41, 5.74) is 0.203. The summed E-state index contributed by atoms with van der Waals surface area (Å²) in [5, 5.41) is 8.65. The van der Waals surface area contributed by atoms with Crippen LogP contribution in [0.4, 0.5) is 0 Å². The molecule has 0 aliphatic heterocycles. The summed E-state index contributed by atoms with van der Waals surface area (Å²) in [5.74, 6) is -0.242. The summed E-state index contributed by atoms with van der Waals surface area (Å²) in [6, 6.07) is 3.71. The van der Waals surface area contributed by atoms with Crippen molar-refractivity contribution in [2.75, 3.05) is 6.61 Å². The molecule has 0 bridgehead atoms. The zero-order chi connectivity index (χ0) is 13.7. The Morgan fingerprint density at radius 1 is 1.28 bits per heavy atom. The van der Waals surface area contributed by atoms with Gasteiger partial charge in [-0.3, -0.25) is 0 Å². The van der Waals surface area contributed by atoms with Crippen molar-refractivity contribution in [2.24, 2.45) is 0 Å². The Morgan fingerprint density at radius 3 is 2.56 bits per heavy atom. The molecule has 0 radical (unpaired) electrons. The number of hydrogen-bond acceptors (Lipinski definition) is 2. The Hall–Kier alpha value is -0.330. The molecule has 1 rings (SSSR count). The highest BCUT2D eigenvalue weighted by Gasteiger charge is 2.09. The molecule has 0 atom stereocenters. The molecule has 0 heterocycles. The Bertz CT molecular complexity index is 472. The third-order valence-electron chi connectivity index (χ3n) is 2.18. The first-order valence-corrected chi connectivity index (χ1v) is 7.48. The molecular formula is C12H11Br3O3. The van der Waals surface area contributed by atoms with Crippen LogP contribution in [0.5, 0.6) is 5.75 Å². The van der Waals surface area contributed by atoms with Crippen molar-refractivity contribution < 1.29 is 14.6 Å². The molecule has 6 heteroatoms. The largest absolute Gasteiger partial charge is 0.492 e. The van der Waals surface area contributed by atoms with Crippen LogP contribution < -0.4 is 4.74 Å². The monoisotopic (exact) mass is 440 g/mol. The first-order valence-electron chi connectivity index (χ1n) is 5.11. The van der Waals surface area contributed by atoms with E-state index in [4.69, 9.17) is 9.84 Å². The van der Waals surface area contributed by atoms with E-state index in [2.05, 4.69) is 54.4 Å². The van der Waals surface area contributed by atoms with Crippen molar-refractivity contribution in [1.29, 1.82) is 0 Å². The fourth-order valence-corrected chi connectivity index (χ4v) is 2.58. The van der Waals surface area contributed by atoms with Crippen LogP contribution in [0, 0.1) is 0 Å². The molecule has 98 valence electrons. The van der Waals surface area contributed by atoms with E-state index in [1.165, 1.54) is 0 Å². The van der Waals surface area contributed by atoms with Crippen molar-refractivity contribution in [1.82, 2.24) is 0 Å². The highest BCUT2D eigenvalue weighted by Crippen LogP contribution is 2.37. The Balaban J connectivity index is 2.48. The number of carboxylic acid groups (broad SMARTS) is 1. The van der Waals surface area contributed by atoms with Gasteiger partial charge in [-0.2, -0.15) is 0 Å². The molecule has 1 N–H and O–H groups in total. The zero-order valence-corrected chi connectivity index (χ0v) is 14.1. The Morgan fingerprint density at radius 2 is 1.94 bits per heavy atom. The predicted molar refractivity (Wildman–Crippen MR) is 81.0 cm³/mol. The Kier molecular flexibility index (Phi) is 6.38. The van der Waals surface area contributed by atoms with Gasteiger partial charge in [-0.1, -0.05) is 6.58 Å². The van der Waals surface area contributed by atoms with Gasteiger partial charge in [0.1, 0.15) is 5.75 Å². The highest BCUT2D eigenvalue weighted by molar-refractivity contribution is 9.14. The molecule has 1 aromatic carbocycles. The summed E-state index contributed by atoms with van der Waals surface area (Å²) in [7, 11) is 0. The zero-order valence-electron chi connectivity index (χ0n) is 9.38. The van der Waals surface area contributed by atoms with Gasteiger partial charge in [-0.05, 0) is 72.8 Å². The van der Waals surface area contributed by atoms with Gasteiger partial charge in [-0.25, -0.2) is 4.79 Å². The van der Waals surface area contributed by atoms with Crippen molar-refractivity contribution in [2.45, 2.75) is 12.8 Å². The molecule has 0 unspecified atom stereocenters. The summed E-state index contributed by atoms with van der Waals surface area (Å²) in [4.78, 5) is 10.5. The van der Waals surface area contributed by atoms with E-state index in [9.17, 15) is 4.79 Å². The van der Waals surface area contributed by atoms with Crippen molar-refractivity contribution >= 4 is 53.8 Å². The molecule has 0 aliphatic rings. The van der Waals surface area contributed by atoms with E-state index >= 15 is 0 Å². The molecule has 0 fully saturated rings. The van der Waals surface area contributed by atoms with Crippen LogP contribution in [0.15, 0.2) is 37.7 Å². The van der Waals surface area contributed by atoms with Gasteiger partial charge in [-0.15, -0.1) is 0 Å². The second-order valence-corrected chi connectivity index (χ2v) is 5.97. The molecular weight excluding hydrogens is 432 g/mol. The molecule has 0 aromatic heterocycles. The maximum Gasteiger partial charge on any atom is 0.330 e. The number of carbonyl (C=O) groups is 1. The predicted octanol–water partition coefficient (Wildman–Crippen LogP) is 4.77. The van der Waals surface area contributed by atoms with Crippen LogP contribution in [-0.2, 0) is 4.79 Å². The minimum Gasteiger partial charge on any atom is -0.492 e. The average molecular weight is 443 g/mol. The van der Waals surface area contributed by atoms with E-state index in [0.29, 0.717) is 25.2 Å². The lowest BCUT2D eigenvalue weighted by atomic mass is 10.2. The number of benzene rings is 1. The number of rotatable bonds is 6. The topological polar surface area (TPSA) is 46.5 Å². The normalized spacial score (nSPS) is 10.2. The van der Waals surface area contributed by atoms with Crippen molar-refractivity contribution in [3.05, 3.63) is 37.7 Å². The molecule has 0 spiro atoms. The maximum atomic E-state index is 10.5. The minimum absolute atomic E-state index is 0.203. The van der Waals surface area contributed by atoms with E-state index in [1.54, 1.807) is 0 Å². The van der Waals surface area contributed by atoms with E-state index < -0.39 is 5.97 Å². The highest BCUT2D eigenvalue weighted by atomic mass is 79.9. The van der Waals surface area contributed by atoms with Gasteiger partial charge >= 0.3 is 5.97 Å². The number of hydrogen-bond donors (Lipinski definition) is 1. The van der Waals surface area contributed by atoms with Gasteiger partial charge < -0.3 is 9.84 Å². The molecule has 1 aromatic rings. The summed E-state index contributed by atoms with van der Waals surface area (Å²) in [6.45, 7) is 3.91. The first kappa shape index (κ1) is 15.7. The molecule has 0 aliphatic carbocycles. The number of aliphatic carboxylic acids is 1. The van der Waals surface area contributed by atoms with Crippen LogP contribution in [0.3, 0.4) is 0 Å². The van der Waals surface area contributed by atoms with Gasteiger partial charge in [0.05, 0.1) is 11.1 Å². The first-order chi connectivity index (χ1) is 8.43. The minimum atomic E-state index is -0.956. The van der Waals surface area contributed by atoms with Crippen molar-refractivity contribution in [3.8, 4) is 5.75 Å². The summed E-state index contributed by atoms with van der Waals surface area (Å²) in [6.07, 6.45) is 1.04. The Labute approximate surface area is 131 Å². The molecule has 0 saturated carbocycles. The third-order valence-corrected chi connectivity index (χ3v) is 5.52. The fourth-order valence-electron chi connectivity index (χ4n) is 1.19. The van der Waals surface area contributed by atoms with Crippen LogP contribution >= 0.6 is 47.8 Å². The van der Waals surface area contributed by atoms with Crippen LogP contribution in [0.1, 0.15) is 12.8 Å². The van der Waals surface area contributed by atoms with Crippen LogP contribution in [0.2, 0.25) is 0 Å². The lowest BCUT2D eigenvalue weighted by molar-refractivity contribution is -0.132. The molecule has 18 heavy (non-hydrogen) atoms. The van der Waals surface area contributed by atoms with Gasteiger partial charge in [0.15, 0.2) is 0 Å². The average Bonchev–Trinajstić information content (AvgIpc) is 2.33. The second-order valence-electron chi connectivity index (χ2n) is 3.53. The summed E-state index contributed by atoms with van der Waals surface area (Å²) >= 11 is 10.2. The fraction of sp³-hybridized carbons (Fsp3) is 0.250.